The average molecular weight is 653 g/mol. The molecule has 2 N–H and O–H groups in total. The molecule has 1 amide bonds. The van der Waals surface area contributed by atoms with E-state index >= 15 is 0 Å². The van der Waals surface area contributed by atoms with Gasteiger partial charge in [0, 0.05) is 29.6 Å². The number of likely N-dealkylation sites (tertiary alicyclic amines) is 1. The van der Waals surface area contributed by atoms with Gasteiger partial charge in [-0.25, -0.2) is 9.59 Å². The van der Waals surface area contributed by atoms with Crippen LogP contribution < -0.4 is 5.73 Å². The van der Waals surface area contributed by atoms with Crippen molar-refractivity contribution in [3.05, 3.63) is 71.8 Å². The Labute approximate surface area is 283 Å². The third-order valence-electron chi connectivity index (χ3n) is 10.5. The van der Waals surface area contributed by atoms with Crippen LogP contribution in [0, 0.1) is 11.8 Å². The van der Waals surface area contributed by atoms with Crippen molar-refractivity contribution in [2.75, 3.05) is 6.61 Å². The van der Waals surface area contributed by atoms with Crippen LogP contribution >= 0.6 is 0 Å². The van der Waals surface area contributed by atoms with Crippen LogP contribution in [0.1, 0.15) is 106 Å². The van der Waals surface area contributed by atoms with Crippen molar-refractivity contribution in [3.63, 3.8) is 0 Å². The minimum absolute atomic E-state index is 0.0322. The predicted molar refractivity (Wildman–Crippen MR) is 186 cm³/mol. The van der Waals surface area contributed by atoms with Gasteiger partial charge in [-0.2, -0.15) is 0 Å². The number of hydrogen-bond acceptors (Lipinski definition) is 7. The highest BCUT2D eigenvalue weighted by molar-refractivity contribution is 6.02. The highest BCUT2D eigenvalue weighted by Crippen LogP contribution is 2.42. The van der Waals surface area contributed by atoms with Gasteiger partial charge in [0.15, 0.2) is 18.2 Å². The molecule has 6 rings (SSSR count). The monoisotopic (exact) mass is 652 g/mol. The summed E-state index contributed by atoms with van der Waals surface area (Å²) in [5.74, 6) is 0.103. The quantitative estimate of drug-likeness (QED) is 0.175. The van der Waals surface area contributed by atoms with E-state index < -0.39 is 30.3 Å². The molecule has 5 unspecified atom stereocenters. The summed E-state index contributed by atoms with van der Waals surface area (Å²) in [6, 6.07) is 18.8. The van der Waals surface area contributed by atoms with E-state index in [-0.39, 0.29) is 23.5 Å². The molecular formula is C40H48N2O6. The van der Waals surface area contributed by atoms with Crippen LogP contribution in [0.4, 0.5) is 4.79 Å². The van der Waals surface area contributed by atoms with E-state index in [9.17, 15) is 19.2 Å². The molecule has 2 aliphatic carbocycles. The van der Waals surface area contributed by atoms with Gasteiger partial charge in [0.2, 0.25) is 0 Å². The maximum Gasteiger partial charge on any atom is 0.411 e. The van der Waals surface area contributed by atoms with E-state index in [4.69, 9.17) is 15.2 Å². The van der Waals surface area contributed by atoms with Crippen molar-refractivity contribution < 1.29 is 28.7 Å². The molecule has 8 heteroatoms. The molecule has 48 heavy (non-hydrogen) atoms. The van der Waals surface area contributed by atoms with Gasteiger partial charge in [-0.15, -0.1) is 0 Å². The minimum Gasteiger partial charge on any atom is -0.456 e. The second-order valence-electron chi connectivity index (χ2n) is 15.0. The van der Waals surface area contributed by atoms with Crippen molar-refractivity contribution in [2.45, 2.75) is 109 Å². The summed E-state index contributed by atoms with van der Waals surface area (Å²) in [6.45, 7) is 5.03. The molecule has 3 fully saturated rings. The highest BCUT2D eigenvalue weighted by Gasteiger charge is 2.50. The SMILES string of the molecule is CC(C)(C)OC(=O)N1C(C(=O)OCC(=O)c2ccc3cc(-c4ccc(C(=O)CCCC5CCCC5N)cc4)ccc3c2)CC2CCCC21. The lowest BCUT2D eigenvalue weighted by molar-refractivity contribution is -0.148. The minimum atomic E-state index is -0.744. The summed E-state index contributed by atoms with van der Waals surface area (Å²) < 4.78 is 11.1. The second kappa shape index (κ2) is 14.2. The summed E-state index contributed by atoms with van der Waals surface area (Å²) in [5, 5.41) is 1.86. The van der Waals surface area contributed by atoms with Crippen LogP contribution in [0.25, 0.3) is 21.9 Å². The molecule has 1 saturated heterocycles. The third kappa shape index (κ3) is 7.64. The number of amides is 1. The number of hydrogen-bond donors (Lipinski definition) is 1. The molecule has 3 aromatic carbocycles. The van der Waals surface area contributed by atoms with Crippen molar-refractivity contribution >= 4 is 34.4 Å². The molecule has 5 atom stereocenters. The zero-order chi connectivity index (χ0) is 34.0. The standard InChI is InChI=1S/C40H48N2O6/c1-40(2,3)48-39(46)42-34-11-5-9-31(34)23-35(42)38(45)47-24-37(44)32-20-19-29-21-28(17-18-30(29)22-32)25-13-15-27(16-14-25)36(43)12-6-8-26-7-4-10-33(26)41/h13-22,26,31,33-35H,4-12,23-24,41H2,1-3H3. The molecule has 1 aliphatic heterocycles. The Morgan fingerprint density at radius 3 is 2.23 bits per heavy atom. The Kier molecular flexibility index (Phi) is 10.0. The molecule has 0 spiro atoms. The second-order valence-corrected chi connectivity index (χ2v) is 15.0. The summed E-state index contributed by atoms with van der Waals surface area (Å²) in [6.07, 6.45) is 8.79. The van der Waals surface area contributed by atoms with Gasteiger partial charge >= 0.3 is 12.1 Å². The van der Waals surface area contributed by atoms with Crippen LogP contribution in [0.15, 0.2) is 60.7 Å². The maximum absolute atomic E-state index is 13.2. The first kappa shape index (κ1) is 33.8. The van der Waals surface area contributed by atoms with Crippen molar-refractivity contribution in [3.8, 4) is 11.1 Å². The van der Waals surface area contributed by atoms with Crippen LogP contribution in [-0.4, -0.2) is 58.9 Å². The Bertz CT molecular complexity index is 1680. The summed E-state index contributed by atoms with van der Waals surface area (Å²) in [4.78, 5) is 53.7. The maximum atomic E-state index is 13.2. The smallest absolute Gasteiger partial charge is 0.411 e. The largest absolute Gasteiger partial charge is 0.456 e. The molecule has 254 valence electrons. The van der Waals surface area contributed by atoms with E-state index in [2.05, 4.69) is 6.07 Å². The van der Waals surface area contributed by atoms with Gasteiger partial charge in [-0.05, 0) is 112 Å². The van der Waals surface area contributed by atoms with Crippen LogP contribution in [0.2, 0.25) is 0 Å². The zero-order valence-electron chi connectivity index (χ0n) is 28.4. The van der Waals surface area contributed by atoms with Crippen molar-refractivity contribution in [1.82, 2.24) is 4.90 Å². The van der Waals surface area contributed by atoms with Crippen LogP contribution in [-0.2, 0) is 14.3 Å². The lowest BCUT2D eigenvalue weighted by Gasteiger charge is -2.31. The zero-order valence-corrected chi connectivity index (χ0v) is 28.4. The molecule has 0 radical (unpaired) electrons. The number of rotatable bonds is 10. The third-order valence-corrected chi connectivity index (χ3v) is 10.5. The van der Waals surface area contributed by atoms with E-state index in [0.717, 1.165) is 66.0 Å². The molecule has 3 aromatic rings. The van der Waals surface area contributed by atoms with Gasteiger partial charge in [-0.3, -0.25) is 14.5 Å². The van der Waals surface area contributed by atoms with E-state index in [1.54, 1.807) is 31.7 Å². The summed E-state index contributed by atoms with van der Waals surface area (Å²) >= 11 is 0. The summed E-state index contributed by atoms with van der Waals surface area (Å²) in [5.41, 5.74) is 8.71. The number of ether oxygens (including phenoxy) is 2. The number of nitrogens with two attached hydrogens (primary N) is 1. The van der Waals surface area contributed by atoms with Crippen molar-refractivity contribution in [2.24, 2.45) is 17.6 Å². The van der Waals surface area contributed by atoms with E-state index in [0.29, 0.717) is 30.4 Å². The van der Waals surface area contributed by atoms with Gasteiger partial charge in [0.1, 0.15) is 11.6 Å². The highest BCUT2D eigenvalue weighted by atomic mass is 16.6. The van der Waals surface area contributed by atoms with Gasteiger partial charge in [-0.1, -0.05) is 61.4 Å². The molecule has 0 bridgehead atoms. The topological polar surface area (TPSA) is 116 Å². The molecule has 1 heterocycles. The fraction of sp³-hybridized carbons (Fsp3) is 0.500. The van der Waals surface area contributed by atoms with E-state index in [1.807, 2.05) is 48.5 Å². The van der Waals surface area contributed by atoms with E-state index in [1.165, 1.54) is 12.8 Å². The number of carbonyl (C=O) groups excluding carboxylic acids is 4. The van der Waals surface area contributed by atoms with Crippen LogP contribution in [0.5, 0.6) is 0 Å². The number of nitrogens with zero attached hydrogens (tertiary/aromatic N) is 1. The number of ketones is 2. The Morgan fingerprint density at radius 1 is 0.812 bits per heavy atom. The first-order valence-corrected chi connectivity index (χ1v) is 17.6. The summed E-state index contributed by atoms with van der Waals surface area (Å²) in [7, 11) is 0. The number of benzene rings is 3. The lowest BCUT2D eigenvalue weighted by atomic mass is 9.94. The van der Waals surface area contributed by atoms with Gasteiger partial charge < -0.3 is 15.2 Å². The number of esters is 1. The number of Topliss-reactive ketones (excluding diaryl/α,β-unsaturated/α-hetero) is 2. The Balaban J connectivity index is 1.05. The molecule has 0 aromatic heterocycles. The Morgan fingerprint density at radius 2 is 1.50 bits per heavy atom. The lowest BCUT2D eigenvalue weighted by Crippen LogP contribution is -2.47. The molecule has 3 aliphatic rings. The predicted octanol–water partition coefficient (Wildman–Crippen LogP) is 7.89. The van der Waals surface area contributed by atoms with Crippen molar-refractivity contribution in [1.29, 1.82) is 0 Å². The first-order valence-electron chi connectivity index (χ1n) is 17.6. The van der Waals surface area contributed by atoms with Gasteiger partial charge in [0.25, 0.3) is 0 Å². The number of fused-ring (bicyclic) bond motifs is 2. The fourth-order valence-electron chi connectivity index (χ4n) is 7.93. The average Bonchev–Trinajstić information content (AvgIpc) is 3.78. The normalized spacial score (nSPS) is 23.7. The molecular weight excluding hydrogens is 604 g/mol. The molecule has 2 saturated carbocycles. The van der Waals surface area contributed by atoms with Crippen LogP contribution in [0.3, 0.4) is 0 Å². The number of carbonyl (C=O) groups is 4. The van der Waals surface area contributed by atoms with Gasteiger partial charge in [0.05, 0.1) is 0 Å². The molecule has 8 nitrogen and oxygen atoms in total. The Hall–Kier alpha value is -4.04. The fourth-order valence-corrected chi connectivity index (χ4v) is 7.93. The first-order chi connectivity index (χ1) is 23.0.